The van der Waals surface area contributed by atoms with Crippen LogP contribution in [-0.2, 0) is 33.6 Å². The van der Waals surface area contributed by atoms with Crippen molar-refractivity contribution in [3.05, 3.63) is 0 Å². The van der Waals surface area contributed by atoms with E-state index in [-0.39, 0.29) is 18.7 Å². The van der Waals surface area contributed by atoms with Crippen LogP contribution in [0.4, 0.5) is 0 Å². The maximum atomic E-state index is 13.2. The summed E-state index contributed by atoms with van der Waals surface area (Å²) in [6, 6.07) is -5.02. The number of carbonyl (C=O) groups excluding carboxylic acids is 6. The summed E-state index contributed by atoms with van der Waals surface area (Å²) in [5.41, 5.74) is 10.2. The Hall–Kier alpha value is -3.05. The number of thioether (sulfide) groups is 1. The fourth-order valence-electron chi connectivity index (χ4n) is 3.09. The van der Waals surface area contributed by atoms with E-state index in [1.54, 1.807) is 20.1 Å². The summed E-state index contributed by atoms with van der Waals surface area (Å²) in [6.07, 6.45) is 1.73. The van der Waals surface area contributed by atoms with Crippen molar-refractivity contribution >= 4 is 65.8 Å². The predicted octanol–water partition coefficient (Wildman–Crippen LogP) is -3.31. The third-order valence-electron chi connectivity index (χ3n) is 5.52. The lowest BCUT2D eigenvalue weighted by Gasteiger charge is -2.28. The molecule has 15 nitrogen and oxygen atoms in total. The number of thiol groups is 1. The second-order valence-electron chi connectivity index (χ2n) is 8.57. The molecule has 0 radical (unpaired) electrons. The first kappa shape index (κ1) is 35.9. The summed E-state index contributed by atoms with van der Waals surface area (Å²) in [5, 5.41) is 21.3. The van der Waals surface area contributed by atoms with Crippen LogP contribution in [0, 0.1) is 5.92 Å². The molecule has 0 aliphatic carbocycles. The second-order valence-corrected chi connectivity index (χ2v) is 9.92. The van der Waals surface area contributed by atoms with Gasteiger partial charge in [-0.1, -0.05) is 20.3 Å². The molecule has 0 aliphatic heterocycles. The molecule has 0 heterocycles. The summed E-state index contributed by atoms with van der Waals surface area (Å²) in [6.45, 7) is 2.76. The number of hydrogen-bond acceptors (Lipinski definition) is 10. The van der Waals surface area contributed by atoms with Crippen LogP contribution >= 0.6 is 24.4 Å². The first-order chi connectivity index (χ1) is 18.3. The van der Waals surface area contributed by atoms with Crippen molar-refractivity contribution < 1.29 is 38.7 Å². The van der Waals surface area contributed by atoms with Crippen molar-refractivity contribution in [1.29, 1.82) is 0 Å². The van der Waals surface area contributed by atoms with Crippen LogP contribution < -0.4 is 38.1 Å². The Kier molecular flexibility index (Phi) is 17.6. The molecule has 10 N–H and O–H groups in total. The predicted molar refractivity (Wildman–Crippen MR) is 148 cm³/mol. The largest absolute Gasteiger partial charge is 0.480 e. The van der Waals surface area contributed by atoms with Crippen LogP contribution in [0.2, 0.25) is 0 Å². The van der Waals surface area contributed by atoms with E-state index in [0.717, 1.165) is 0 Å². The molecule has 5 atom stereocenters. The van der Waals surface area contributed by atoms with Gasteiger partial charge in [-0.25, -0.2) is 4.79 Å². The smallest absolute Gasteiger partial charge is 0.326 e. The number of aliphatic carboxylic acids is 1. The molecule has 6 amide bonds. The van der Waals surface area contributed by atoms with Crippen LogP contribution in [0.15, 0.2) is 0 Å². The highest BCUT2D eigenvalue weighted by atomic mass is 32.2. The summed E-state index contributed by atoms with van der Waals surface area (Å²) >= 11 is 5.47. The van der Waals surface area contributed by atoms with Gasteiger partial charge in [0.15, 0.2) is 0 Å². The van der Waals surface area contributed by atoms with E-state index in [4.69, 9.17) is 11.5 Å². The molecule has 0 aromatic heterocycles. The quantitative estimate of drug-likeness (QED) is 0.0674. The Morgan fingerprint density at radius 3 is 1.97 bits per heavy atom. The molecule has 0 bridgehead atoms. The molecule has 0 spiro atoms. The summed E-state index contributed by atoms with van der Waals surface area (Å²) in [5.74, 6) is -5.98. The van der Waals surface area contributed by atoms with Crippen LogP contribution in [0.5, 0.6) is 0 Å². The van der Waals surface area contributed by atoms with Gasteiger partial charge in [0.05, 0.1) is 19.5 Å². The average Bonchev–Trinajstić information content (AvgIpc) is 2.89. The molecular formula is C22H39N7O8S2. The van der Waals surface area contributed by atoms with Gasteiger partial charge in [-0.05, 0) is 24.3 Å². The van der Waals surface area contributed by atoms with Crippen LogP contribution in [0.1, 0.15) is 33.1 Å². The lowest BCUT2D eigenvalue weighted by atomic mass is 9.97. The lowest BCUT2D eigenvalue weighted by Crippen LogP contribution is -2.60. The van der Waals surface area contributed by atoms with Crippen LogP contribution in [0.3, 0.4) is 0 Å². The topological polar surface area (TPSA) is 252 Å². The zero-order valence-corrected chi connectivity index (χ0v) is 23.9. The number of nitrogens with two attached hydrogens (primary N) is 2. The van der Waals surface area contributed by atoms with Crippen molar-refractivity contribution in [2.75, 3.05) is 30.9 Å². The fourth-order valence-corrected chi connectivity index (χ4v) is 3.81. The maximum Gasteiger partial charge on any atom is 0.326 e. The van der Waals surface area contributed by atoms with Gasteiger partial charge in [0.25, 0.3) is 0 Å². The molecule has 0 unspecified atom stereocenters. The van der Waals surface area contributed by atoms with E-state index >= 15 is 0 Å². The number of carboxylic acids is 1. The molecule has 0 aromatic carbocycles. The van der Waals surface area contributed by atoms with Gasteiger partial charge in [0.2, 0.25) is 35.4 Å². The van der Waals surface area contributed by atoms with Gasteiger partial charge in [0.1, 0.15) is 24.2 Å². The number of carboxylic acid groups (broad SMARTS) is 1. The molecular weight excluding hydrogens is 554 g/mol. The fraction of sp³-hybridized carbons (Fsp3) is 0.682. The Morgan fingerprint density at radius 2 is 1.49 bits per heavy atom. The van der Waals surface area contributed by atoms with Crippen LogP contribution in [0.25, 0.3) is 0 Å². The number of hydrogen-bond donors (Lipinski definition) is 9. The third-order valence-corrected chi connectivity index (χ3v) is 6.53. The summed E-state index contributed by atoms with van der Waals surface area (Å²) in [7, 11) is 0. The van der Waals surface area contributed by atoms with Gasteiger partial charge >= 0.3 is 5.97 Å². The van der Waals surface area contributed by atoms with Crippen molar-refractivity contribution in [2.24, 2.45) is 17.4 Å². The number of primary amides is 1. The first-order valence-electron chi connectivity index (χ1n) is 12.1. The molecule has 17 heteroatoms. The van der Waals surface area contributed by atoms with Gasteiger partial charge < -0.3 is 43.2 Å². The first-order valence-corrected chi connectivity index (χ1v) is 14.1. The maximum absolute atomic E-state index is 13.2. The van der Waals surface area contributed by atoms with Gasteiger partial charge in [-0.3, -0.25) is 28.8 Å². The zero-order valence-electron chi connectivity index (χ0n) is 22.2. The monoisotopic (exact) mass is 593 g/mol. The van der Waals surface area contributed by atoms with Crippen molar-refractivity contribution in [2.45, 2.75) is 57.3 Å². The van der Waals surface area contributed by atoms with E-state index < -0.39 is 84.5 Å². The number of carbonyl (C=O) groups is 7. The summed E-state index contributed by atoms with van der Waals surface area (Å²) < 4.78 is 0. The molecule has 222 valence electrons. The molecule has 0 rings (SSSR count). The van der Waals surface area contributed by atoms with E-state index in [2.05, 4.69) is 39.2 Å². The molecule has 0 aliphatic rings. The van der Waals surface area contributed by atoms with Crippen molar-refractivity contribution in [3.8, 4) is 0 Å². The van der Waals surface area contributed by atoms with E-state index in [1.807, 2.05) is 0 Å². The van der Waals surface area contributed by atoms with E-state index in [0.29, 0.717) is 12.2 Å². The minimum Gasteiger partial charge on any atom is -0.480 e. The van der Waals surface area contributed by atoms with Gasteiger partial charge in [-0.15, -0.1) is 0 Å². The van der Waals surface area contributed by atoms with Crippen LogP contribution in [-0.4, -0.2) is 102 Å². The highest BCUT2D eigenvalue weighted by molar-refractivity contribution is 7.98. The highest BCUT2D eigenvalue weighted by Crippen LogP contribution is 2.11. The molecule has 0 saturated carbocycles. The second kappa shape index (κ2) is 19.1. The number of rotatable bonds is 19. The van der Waals surface area contributed by atoms with E-state index in [1.165, 1.54) is 11.8 Å². The molecule has 0 aromatic rings. The van der Waals surface area contributed by atoms with E-state index in [9.17, 15) is 38.7 Å². The molecule has 0 saturated heterocycles. The Bertz CT molecular complexity index is 892. The molecule has 39 heavy (non-hydrogen) atoms. The zero-order chi connectivity index (χ0) is 30.1. The number of amides is 6. The van der Waals surface area contributed by atoms with Crippen molar-refractivity contribution in [1.82, 2.24) is 26.6 Å². The molecule has 0 fully saturated rings. The highest BCUT2D eigenvalue weighted by Gasteiger charge is 2.33. The Morgan fingerprint density at radius 1 is 0.897 bits per heavy atom. The number of nitrogens with one attached hydrogen (secondary N) is 5. The van der Waals surface area contributed by atoms with Crippen molar-refractivity contribution in [3.63, 3.8) is 0 Å². The Balaban J connectivity index is 5.60. The van der Waals surface area contributed by atoms with Gasteiger partial charge in [-0.2, -0.15) is 24.4 Å². The normalized spacial score (nSPS) is 14.5. The average molecular weight is 594 g/mol. The Labute approximate surface area is 236 Å². The van der Waals surface area contributed by atoms with Gasteiger partial charge in [0, 0.05) is 5.75 Å². The lowest BCUT2D eigenvalue weighted by molar-refractivity contribution is -0.143. The standard InChI is InChI=1S/C22H39N7O8S2/c1-4-11(2)18(29-20(34)14(10-38)26-17(32)9-25-16(31)8-23)21(35)27-12(5-6-39-3)19(33)28-13(22(36)37)7-15(24)30/h11-14,18,38H,4-10,23H2,1-3H3,(H2,24,30)(H,25,31)(H,26,32)(H,27,35)(H,28,33)(H,29,34)(H,36,37)/t11-,12-,13-,14-,18-/m0/s1. The summed E-state index contributed by atoms with van der Waals surface area (Å²) in [4.78, 5) is 84.9. The minimum absolute atomic E-state index is 0.119. The minimum atomic E-state index is -1.58. The SMILES string of the molecule is CC[C@H](C)[C@H](NC(=O)[C@H](CS)NC(=O)CNC(=O)CN)C(=O)N[C@@H](CCSC)C(=O)N[C@@H](CC(N)=O)C(=O)O. The third kappa shape index (κ3) is 14.1.